The zero-order valence-corrected chi connectivity index (χ0v) is 74.1. The van der Waals surface area contributed by atoms with Gasteiger partial charge in [0.05, 0.1) is 69.4 Å². The molecule has 12 aromatic rings. The fraction of sp³-hybridized carbons (Fsp3) is 0.388. The van der Waals surface area contributed by atoms with Crippen LogP contribution in [-0.2, 0) is 38.6 Å². The van der Waals surface area contributed by atoms with Gasteiger partial charge < -0.3 is 77.8 Å². The standard InChI is InChI=1S/C34H41N5O4.2C32H39N5O3/c1-22-18-23(2)36-34(41)30(22)21-35-33(40)29-20-31-28(26-6-5-7-27(19-26)38-12-16-43-17-13-38)8-9-39(31)32(24(29)3)25(4)37-10-14-42-15-11-37;1-20-17-21(2)34-32(39)28(20)19-33-31(38)27-18-29-26(24-7-9-25(10-8-24)35(5)6)11-12-37(29)30(22(27)3)23(4)36-13-15-40-16-14-36;1-20-16-21(2)34-32(39)28(20)19-33-31(38)27-18-29-26(24-8-7-9-25(17-24)35(5)6)10-11-37(29)30(22(27)3)23(4)36-12-14-40-15-13-36/h5-9,18-20,25H,10-17,21H2,1-4H3,(H,35,40)(H,36,41);7-12,17-18,23H,13-16,19H2,1-6H3,(H,33,38)(H,34,39);7-11,16-18,23H,12-15,19H2,1-6H3,(H,33,38)(H,34,39). The second-order valence-corrected chi connectivity index (χ2v) is 33.5. The number of rotatable bonds is 21. The minimum absolute atomic E-state index is 0.0706. The number of morpholine rings is 4. The summed E-state index contributed by atoms with van der Waals surface area (Å²) < 4.78 is 29.1. The van der Waals surface area contributed by atoms with Crippen molar-refractivity contribution in [1.82, 2.24) is 58.8 Å². The Balaban J connectivity index is 0.000000151. The summed E-state index contributed by atoms with van der Waals surface area (Å²) in [6, 6.07) is 43.9. The van der Waals surface area contributed by atoms with Crippen LogP contribution in [0.1, 0.15) is 154 Å². The number of nitrogens with one attached hydrogen (secondary N) is 6. The number of aromatic amines is 3. The van der Waals surface area contributed by atoms with Crippen molar-refractivity contribution in [2.24, 2.45) is 0 Å². The lowest BCUT2D eigenvalue weighted by atomic mass is 9.98. The van der Waals surface area contributed by atoms with E-state index in [9.17, 15) is 28.8 Å². The zero-order chi connectivity index (χ0) is 87.2. The third kappa shape index (κ3) is 19.1. The first-order valence-corrected chi connectivity index (χ1v) is 42.9. The number of H-pyrrole nitrogens is 3. The van der Waals surface area contributed by atoms with Crippen molar-refractivity contribution in [2.75, 3.05) is 148 Å². The minimum atomic E-state index is -0.191. The summed E-state index contributed by atoms with van der Waals surface area (Å²) in [4.78, 5) is 101. The maximum absolute atomic E-state index is 13.9. The predicted octanol–water partition coefficient (Wildman–Crippen LogP) is 13.6. The number of anilines is 3. The number of ether oxygens (including phenoxy) is 4. The van der Waals surface area contributed by atoms with Gasteiger partial charge in [0.1, 0.15) is 0 Å². The van der Waals surface area contributed by atoms with Gasteiger partial charge in [0.2, 0.25) is 0 Å². The molecule has 3 unspecified atom stereocenters. The Bertz CT molecular complexity index is 6060. The Labute approximate surface area is 719 Å². The second-order valence-electron chi connectivity index (χ2n) is 33.5. The quantitative estimate of drug-likeness (QED) is 0.0391. The van der Waals surface area contributed by atoms with Gasteiger partial charge in [0.15, 0.2) is 0 Å². The average molecular weight is 1670 g/mol. The van der Waals surface area contributed by atoms with Crippen LogP contribution < -0.4 is 47.3 Å². The summed E-state index contributed by atoms with van der Waals surface area (Å²) in [5.74, 6) is -0.571. The molecular weight excluding hydrogens is 1550 g/mol. The highest BCUT2D eigenvalue weighted by atomic mass is 16.5. The van der Waals surface area contributed by atoms with Gasteiger partial charge in [-0.3, -0.25) is 43.5 Å². The molecule has 13 heterocycles. The smallest absolute Gasteiger partial charge is 0.253 e. The number of carbonyl (C=O) groups is 3. The molecule has 0 spiro atoms. The van der Waals surface area contributed by atoms with Gasteiger partial charge in [-0.05, 0) is 224 Å². The highest BCUT2D eigenvalue weighted by Crippen LogP contribution is 2.40. The summed E-state index contributed by atoms with van der Waals surface area (Å²) in [6.07, 6.45) is 6.35. The van der Waals surface area contributed by atoms with Crippen LogP contribution >= 0.6 is 0 Å². The Morgan fingerprint density at radius 2 is 0.691 bits per heavy atom. The molecule has 25 nitrogen and oxygen atoms in total. The molecule has 123 heavy (non-hydrogen) atoms. The number of fused-ring (bicyclic) bond motifs is 3. The van der Waals surface area contributed by atoms with E-state index in [2.05, 4.69) is 204 Å². The highest BCUT2D eigenvalue weighted by Gasteiger charge is 2.32. The number of aromatic nitrogens is 6. The van der Waals surface area contributed by atoms with Crippen LogP contribution in [0.4, 0.5) is 17.1 Å². The molecule has 0 bridgehead atoms. The predicted molar refractivity (Wildman–Crippen MR) is 490 cm³/mol. The van der Waals surface area contributed by atoms with Crippen LogP contribution in [0.15, 0.2) is 160 Å². The summed E-state index contributed by atoms with van der Waals surface area (Å²) in [5, 5.41) is 9.12. The SMILES string of the molecule is Cc1cc(C)c(CNC(=O)c2cc3c(-c4ccc(N(C)C)cc4)ccn3c(C(C)N3CCOCC3)c2C)c(=O)[nH]1.Cc1cc(C)c(CNC(=O)c2cc3c(-c4cccc(N(C)C)c4)ccn3c(C(C)N3CCOCC3)c2C)c(=O)[nH]1.Cc1cc(C)c(CNC(=O)c2cc3c(-c4cccc(N5CCOCC5)c4)ccn3c(C(C)N3CCOCC3)c2C)c(=O)[nH]1. The van der Waals surface area contributed by atoms with Crippen molar-refractivity contribution < 1.29 is 33.3 Å². The van der Waals surface area contributed by atoms with E-state index in [4.69, 9.17) is 18.9 Å². The van der Waals surface area contributed by atoms with E-state index >= 15 is 0 Å². The third-order valence-corrected chi connectivity index (χ3v) is 25.1. The lowest BCUT2D eigenvalue weighted by Crippen LogP contribution is -2.39. The topological polar surface area (TPSA) is 255 Å². The van der Waals surface area contributed by atoms with E-state index in [1.807, 2.05) is 127 Å². The molecule has 4 aliphatic rings. The Morgan fingerprint density at radius 1 is 0.374 bits per heavy atom. The van der Waals surface area contributed by atoms with Crippen molar-refractivity contribution in [3.8, 4) is 33.4 Å². The van der Waals surface area contributed by atoms with Crippen LogP contribution in [0.3, 0.4) is 0 Å². The van der Waals surface area contributed by atoms with Gasteiger partial charge in [0.25, 0.3) is 34.4 Å². The van der Waals surface area contributed by atoms with Crippen molar-refractivity contribution in [3.63, 3.8) is 0 Å². The summed E-state index contributed by atoms with van der Waals surface area (Å²) in [6.45, 7) is 36.9. The average Bonchev–Trinajstić information content (AvgIpc) is 1.67. The minimum Gasteiger partial charge on any atom is -0.379 e. The number of amides is 3. The molecule has 0 radical (unpaired) electrons. The Morgan fingerprint density at radius 3 is 1.02 bits per heavy atom. The number of aryl methyl sites for hydroxylation is 6. The van der Waals surface area contributed by atoms with E-state index in [1.54, 1.807) is 0 Å². The van der Waals surface area contributed by atoms with Crippen LogP contribution in [0.2, 0.25) is 0 Å². The summed E-state index contributed by atoms with van der Waals surface area (Å²) in [7, 11) is 8.13. The van der Waals surface area contributed by atoms with Gasteiger partial charge in [-0.2, -0.15) is 0 Å². The fourth-order valence-corrected chi connectivity index (χ4v) is 18.2. The van der Waals surface area contributed by atoms with E-state index in [1.165, 1.54) is 5.69 Å². The Kier molecular flexibility index (Phi) is 27.4. The monoisotopic (exact) mass is 1670 g/mol. The van der Waals surface area contributed by atoms with Crippen LogP contribution in [0.25, 0.3) is 49.9 Å². The number of carbonyl (C=O) groups excluding carboxylic acids is 3. The number of hydrogen-bond donors (Lipinski definition) is 6. The number of benzene rings is 3. The maximum Gasteiger partial charge on any atom is 0.253 e. The molecule has 646 valence electrons. The lowest BCUT2D eigenvalue weighted by molar-refractivity contribution is 0.0187. The zero-order valence-electron chi connectivity index (χ0n) is 74.1. The molecule has 0 saturated carbocycles. The first kappa shape index (κ1) is 87.7. The van der Waals surface area contributed by atoms with Crippen molar-refractivity contribution in [3.05, 3.63) is 278 Å². The highest BCUT2D eigenvalue weighted by molar-refractivity contribution is 6.01. The van der Waals surface area contributed by atoms with Gasteiger partial charge >= 0.3 is 0 Å². The van der Waals surface area contributed by atoms with Gasteiger partial charge in [0, 0.05) is 238 Å². The van der Waals surface area contributed by atoms with Gasteiger partial charge in [-0.15, -0.1) is 0 Å². The second kappa shape index (κ2) is 38.4. The molecule has 3 atom stereocenters. The molecule has 4 aliphatic heterocycles. The summed E-state index contributed by atoms with van der Waals surface area (Å²) in [5.41, 5.74) is 27.0. The maximum atomic E-state index is 13.9. The number of hydrogen-bond acceptors (Lipinski definition) is 16. The van der Waals surface area contributed by atoms with E-state index in [0.29, 0.717) is 73.0 Å². The van der Waals surface area contributed by atoms with Crippen LogP contribution in [0.5, 0.6) is 0 Å². The molecule has 4 fully saturated rings. The first-order chi connectivity index (χ1) is 59.1. The molecule has 0 aliphatic carbocycles. The third-order valence-electron chi connectivity index (χ3n) is 25.1. The molecule has 9 aromatic heterocycles. The molecule has 25 heteroatoms. The summed E-state index contributed by atoms with van der Waals surface area (Å²) >= 11 is 0. The molecule has 4 saturated heterocycles. The molecular formula is C98H119N15O10. The van der Waals surface area contributed by atoms with Crippen molar-refractivity contribution >= 4 is 51.3 Å². The Hall–Kier alpha value is -11.7. The van der Waals surface area contributed by atoms with E-state index < -0.39 is 0 Å². The van der Waals surface area contributed by atoms with E-state index in [0.717, 1.165) is 194 Å². The largest absolute Gasteiger partial charge is 0.379 e. The molecule has 6 N–H and O–H groups in total. The first-order valence-electron chi connectivity index (χ1n) is 42.9. The molecule has 3 amide bonds. The fourth-order valence-electron chi connectivity index (χ4n) is 18.2. The molecule has 16 rings (SSSR count). The van der Waals surface area contributed by atoms with Crippen molar-refractivity contribution in [2.45, 2.75) is 121 Å². The van der Waals surface area contributed by atoms with E-state index in [-0.39, 0.29) is 72.2 Å². The van der Waals surface area contributed by atoms with Crippen LogP contribution in [0, 0.1) is 62.3 Å². The number of nitrogens with zero attached hydrogens (tertiary/aromatic N) is 9. The van der Waals surface area contributed by atoms with Gasteiger partial charge in [-0.25, -0.2) is 0 Å². The van der Waals surface area contributed by atoms with Crippen LogP contribution in [-0.4, -0.2) is 194 Å². The van der Waals surface area contributed by atoms with Gasteiger partial charge in [-0.1, -0.05) is 36.4 Å². The number of pyridine rings is 6. The lowest BCUT2D eigenvalue weighted by Gasteiger charge is -2.34. The van der Waals surface area contributed by atoms with Crippen molar-refractivity contribution in [1.29, 1.82) is 0 Å². The molecule has 3 aromatic carbocycles. The normalized spacial score (nSPS) is 15.6.